The number of likely N-dealkylation sites (tertiary alicyclic amines) is 1. The molecular formula is C29H30N4O4. The third-order valence-corrected chi connectivity index (χ3v) is 9.13. The third kappa shape index (κ3) is 3.33. The van der Waals surface area contributed by atoms with Crippen LogP contribution in [0.1, 0.15) is 37.8 Å². The highest BCUT2D eigenvalue weighted by molar-refractivity contribution is 6.01. The molecule has 3 N–H and O–H groups in total. The molecule has 0 radical (unpaired) electrons. The highest BCUT2D eigenvalue weighted by Gasteiger charge is 2.70. The number of hydrogen-bond acceptors (Lipinski definition) is 5. The summed E-state index contributed by atoms with van der Waals surface area (Å²) < 4.78 is 0. The molecule has 2 saturated heterocycles. The molecule has 8 nitrogen and oxygen atoms in total. The number of aliphatic hydroxyl groups is 1. The van der Waals surface area contributed by atoms with Gasteiger partial charge in [0.15, 0.2) is 5.60 Å². The van der Waals surface area contributed by atoms with Gasteiger partial charge in [-0.1, -0.05) is 62.4 Å². The van der Waals surface area contributed by atoms with Gasteiger partial charge in [-0.05, 0) is 41.2 Å². The summed E-state index contributed by atoms with van der Waals surface area (Å²) in [6.07, 6.45) is 0.863. The van der Waals surface area contributed by atoms with Crippen LogP contribution in [-0.2, 0) is 20.0 Å². The van der Waals surface area contributed by atoms with Gasteiger partial charge in [-0.3, -0.25) is 14.4 Å². The molecule has 5 atom stereocenters. The summed E-state index contributed by atoms with van der Waals surface area (Å²) >= 11 is 0. The quantitative estimate of drug-likeness (QED) is 0.581. The average molecular weight is 499 g/mol. The Labute approximate surface area is 215 Å². The Balaban J connectivity index is 1.31. The first-order valence-corrected chi connectivity index (χ1v) is 12.9. The second kappa shape index (κ2) is 8.15. The largest absolute Gasteiger partial charge is 0.372 e. The molecule has 0 aromatic heterocycles. The van der Waals surface area contributed by atoms with E-state index >= 15 is 0 Å². The predicted molar refractivity (Wildman–Crippen MR) is 134 cm³/mol. The van der Waals surface area contributed by atoms with E-state index in [4.69, 9.17) is 0 Å². The normalized spacial score (nSPS) is 28.4. The number of benzene rings is 2. The van der Waals surface area contributed by atoms with E-state index in [2.05, 4.69) is 30.6 Å². The van der Waals surface area contributed by atoms with Crippen LogP contribution in [0, 0.1) is 34.5 Å². The lowest BCUT2D eigenvalue weighted by Crippen LogP contribution is -2.56. The number of nitriles is 1. The minimum absolute atomic E-state index is 0.0685. The Bertz CT molecular complexity index is 1320. The average Bonchev–Trinajstić information content (AvgIpc) is 3.32. The minimum Gasteiger partial charge on any atom is -0.372 e. The number of amides is 3. The number of rotatable bonds is 5. The van der Waals surface area contributed by atoms with E-state index in [9.17, 15) is 24.8 Å². The monoisotopic (exact) mass is 498 g/mol. The van der Waals surface area contributed by atoms with E-state index in [1.165, 1.54) is 4.90 Å². The van der Waals surface area contributed by atoms with Crippen LogP contribution in [0.15, 0.2) is 48.5 Å². The fourth-order valence-electron chi connectivity index (χ4n) is 7.00. The Morgan fingerprint density at radius 3 is 2.35 bits per heavy atom. The van der Waals surface area contributed by atoms with Crippen molar-refractivity contribution in [2.24, 2.45) is 23.2 Å². The number of nitrogens with zero attached hydrogens (tertiary/aromatic N) is 2. The van der Waals surface area contributed by atoms with Gasteiger partial charge in [-0.2, -0.15) is 5.26 Å². The highest BCUT2D eigenvalue weighted by Crippen LogP contribution is 2.65. The first-order chi connectivity index (χ1) is 17.7. The molecule has 0 spiro atoms. The van der Waals surface area contributed by atoms with Gasteiger partial charge in [-0.15, -0.1) is 0 Å². The van der Waals surface area contributed by atoms with Crippen molar-refractivity contribution in [1.29, 1.82) is 5.26 Å². The summed E-state index contributed by atoms with van der Waals surface area (Å²) in [4.78, 5) is 41.5. The number of carbonyl (C=O) groups is 3. The molecule has 3 fully saturated rings. The Morgan fingerprint density at radius 1 is 1.16 bits per heavy atom. The zero-order chi connectivity index (χ0) is 26.1. The van der Waals surface area contributed by atoms with Gasteiger partial charge >= 0.3 is 0 Å². The molecule has 4 aliphatic rings. The predicted octanol–water partition coefficient (Wildman–Crippen LogP) is 1.92. The lowest BCUT2D eigenvalue weighted by atomic mass is 9.88. The third-order valence-electron chi connectivity index (χ3n) is 9.13. The van der Waals surface area contributed by atoms with Crippen LogP contribution in [0.25, 0.3) is 11.1 Å². The van der Waals surface area contributed by atoms with Gasteiger partial charge in [0.2, 0.25) is 11.8 Å². The number of carbonyl (C=O) groups excluding carboxylic acids is 3. The molecule has 2 aromatic carbocycles. The molecule has 0 unspecified atom stereocenters. The first kappa shape index (κ1) is 23.7. The second-order valence-corrected chi connectivity index (χ2v) is 11.4. The molecule has 3 amide bonds. The highest BCUT2D eigenvalue weighted by atomic mass is 16.3. The zero-order valence-corrected chi connectivity index (χ0v) is 20.9. The number of hydrogen-bond donors (Lipinski definition) is 3. The van der Waals surface area contributed by atoms with Gasteiger partial charge in [0.05, 0.1) is 6.07 Å². The van der Waals surface area contributed by atoms with Gasteiger partial charge in [0.1, 0.15) is 12.1 Å². The number of piperidine rings is 1. The van der Waals surface area contributed by atoms with Crippen molar-refractivity contribution in [1.82, 2.24) is 15.5 Å². The lowest BCUT2D eigenvalue weighted by Gasteiger charge is -2.36. The van der Waals surface area contributed by atoms with Crippen LogP contribution in [0.5, 0.6) is 0 Å². The molecule has 2 aliphatic carbocycles. The summed E-state index contributed by atoms with van der Waals surface area (Å²) in [5.41, 5.74) is 0.617. The molecule has 2 heterocycles. The van der Waals surface area contributed by atoms with Crippen LogP contribution in [-0.4, -0.2) is 52.9 Å². The van der Waals surface area contributed by atoms with E-state index in [0.717, 1.165) is 11.1 Å². The van der Waals surface area contributed by atoms with E-state index in [1.807, 2.05) is 24.3 Å². The topological polar surface area (TPSA) is 123 Å². The molecule has 8 heteroatoms. The standard InChI is InChI=1S/C29H30N4O4/c1-28(2)22-15-33(24(23(22)28)26(35)32-17(14-30)13-16-11-12-31-25(16)34)27(36)29(37)20-9-5-3-7-18(20)19-8-4-6-10-21(19)29/h3-10,16-17,22-24,37H,11-13,15H2,1-2H3,(H,31,34)(H,32,35)/t16-,17-,22+,23+,24+/m1/s1. The van der Waals surface area contributed by atoms with E-state index in [0.29, 0.717) is 30.6 Å². The van der Waals surface area contributed by atoms with Crippen LogP contribution in [0.3, 0.4) is 0 Å². The summed E-state index contributed by atoms with van der Waals surface area (Å²) in [5.74, 6) is -1.28. The van der Waals surface area contributed by atoms with Crippen LogP contribution < -0.4 is 10.6 Å². The van der Waals surface area contributed by atoms with Crippen molar-refractivity contribution in [2.75, 3.05) is 13.1 Å². The first-order valence-electron chi connectivity index (χ1n) is 12.9. The molecule has 1 saturated carbocycles. The second-order valence-electron chi connectivity index (χ2n) is 11.4. The molecule has 190 valence electrons. The maximum Gasteiger partial charge on any atom is 0.264 e. The summed E-state index contributed by atoms with van der Waals surface area (Å²) in [6, 6.07) is 15.2. The van der Waals surface area contributed by atoms with Crippen molar-refractivity contribution in [3.05, 3.63) is 59.7 Å². The van der Waals surface area contributed by atoms with Crippen LogP contribution >= 0.6 is 0 Å². The maximum atomic E-state index is 14.2. The Kier molecular flexibility index (Phi) is 5.22. The van der Waals surface area contributed by atoms with Crippen molar-refractivity contribution < 1.29 is 19.5 Å². The maximum absolute atomic E-state index is 14.2. The lowest BCUT2D eigenvalue weighted by molar-refractivity contribution is -0.153. The Hall–Kier alpha value is -3.70. The van der Waals surface area contributed by atoms with Crippen molar-refractivity contribution in [2.45, 2.75) is 44.4 Å². The van der Waals surface area contributed by atoms with Crippen molar-refractivity contribution in [3.63, 3.8) is 0 Å². The van der Waals surface area contributed by atoms with Crippen molar-refractivity contribution >= 4 is 17.7 Å². The summed E-state index contributed by atoms with van der Waals surface area (Å²) in [5, 5.41) is 27.4. The van der Waals surface area contributed by atoms with Crippen LogP contribution in [0.4, 0.5) is 0 Å². The number of nitrogens with one attached hydrogen (secondary N) is 2. The van der Waals surface area contributed by atoms with Gasteiger partial charge in [-0.25, -0.2) is 0 Å². The van der Waals surface area contributed by atoms with Crippen LogP contribution in [0.2, 0.25) is 0 Å². The molecule has 0 bridgehead atoms. The van der Waals surface area contributed by atoms with E-state index in [1.54, 1.807) is 24.3 Å². The van der Waals surface area contributed by atoms with Gasteiger partial charge < -0.3 is 20.6 Å². The molecule has 37 heavy (non-hydrogen) atoms. The van der Waals surface area contributed by atoms with Crippen molar-refractivity contribution in [3.8, 4) is 17.2 Å². The fourth-order valence-corrected chi connectivity index (χ4v) is 7.00. The zero-order valence-electron chi connectivity index (χ0n) is 20.9. The summed E-state index contributed by atoms with van der Waals surface area (Å²) in [7, 11) is 0. The van der Waals surface area contributed by atoms with E-state index in [-0.39, 0.29) is 35.5 Å². The molecular weight excluding hydrogens is 468 g/mol. The van der Waals surface area contributed by atoms with Gasteiger partial charge in [0.25, 0.3) is 5.91 Å². The molecule has 6 rings (SSSR count). The Morgan fingerprint density at radius 2 is 1.78 bits per heavy atom. The molecule has 2 aromatic rings. The smallest absolute Gasteiger partial charge is 0.264 e. The summed E-state index contributed by atoms with van der Waals surface area (Å²) in [6.45, 7) is 5.11. The molecule has 2 aliphatic heterocycles. The minimum atomic E-state index is -1.90. The SMILES string of the molecule is CC1(C)[C@@H]2[C@@H](C(=O)N[C@@H](C#N)C[C@H]3CCNC3=O)N(C(=O)C3(O)c4ccccc4-c4ccccc43)C[C@@H]21. The van der Waals surface area contributed by atoms with E-state index < -0.39 is 29.5 Å². The van der Waals surface area contributed by atoms with Gasteiger partial charge in [0, 0.05) is 30.1 Å². The fraction of sp³-hybridized carbons (Fsp3) is 0.448. The number of fused-ring (bicyclic) bond motifs is 4.